The smallest absolute Gasteiger partial charge is 0.144 e. The third-order valence-corrected chi connectivity index (χ3v) is 7.06. The largest absolute Gasteiger partial charge is 0.497 e. The molecule has 0 bridgehead atoms. The summed E-state index contributed by atoms with van der Waals surface area (Å²) in [7, 11) is 6.69. The lowest BCUT2D eigenvalue weighted by Crippen LogP contribution is -2.54. The summed E-state index contributed by atoms with van der Waals surface area (Å²) < 4.78 is 22.6. The Morgan fingerprint density at radius 3 is 1.24 bits per heavy atom. The van der Waals surface area contributed by atoms with Gasteiger partial charge in [-0.05, 0) is 70.8 Å². The maximum atomic E-state index is 5.66. The number of rotatable bonds is 8. The van der Waals surface area contributed by atoms with E-state index in [9.17, 15) is 0 Å². The molecular weight excluding hydrogens is 464 g/mol. The van der Waals surface area contributed by atoms with Crippen molar-refractivity contribution in [2.75, 3.05) is 28.4 Å². The molecule has 0 saturated carbocycles. The van der Waals surface area contributed by atoms with Gasteiger partial charge in [-0.2, -0.15) is 0 Å². The van der Waals surface area contributed by atoms with Gasteiger partial charge >= 0.3 is 0 Å². The molecule has 0 atom stereocenters. The fraction of sp³-hybridized carbons (Fsp3) is 0.194. The van der Waals surface area contributed by atoms with Gasteiger partial charge in [-0.25, -0.2) is 0 Å². The van der Waals surface area contributed by atoms with Crippen molar-refractivity contribution in [3.63, 3.8) is 0 Å². The molecule has 6 heteroatoms. The summed E-state index contributed by atoms with van der Waals surface area (Å²) in [4.78, 5) is 5.25. The highest BCUT2D eigenvalue weighted by molar-refractivity contribution is 5.72. The number of ether oxygens (including phenoxy) is 4. The first kappa shape index (κ1) is 24.3. The van der Waals surface area contributed by atoms with Crippen LogP contribution in [-0.2, 0) is 11.1 Å². The van der Waals surface area contributed by atoms with Gasteiger partial charge in [-0.3, -0.25) is 4.99 Å². The van der Waals surface area contributed by atoms with Gasteiger partial charge in [-0.1, -0.05) is 48.5 Å². The van der Waals surface area contributed by atoms with Crippen molar-refractivity contribution in [2.24, 2.45) is 4.99 Å². The Morgan fingerprint density at radius 1 is 0.514 bits per heavy atom. The van der Waals surface area contributed by atoms with Crippen LogP contribution in [0.2, 0.25) is 0 Å². The maximum Gasteiger partial charge on any atom is 0.144 e. The van der Waals surface area contributed by atoms with Crippen LogP contribution in [0.1, 0.15) is 22.3 Å². The SMILES string of the molecule is COc1cccc(C2(c3cccc(OC)c3)N=CNC2(c2cccc(OC)c2)c2cccc(OC)c2)c1. The topological polar surface area (TPSA) is 61.3 Å². The fourth-order valence-corrected chi connectivity index (χ4v) is 5.34. The molecule has 1 heterocycles. The molecule has 0 amide bonds. The van der Waals surface area contributed by atoms with Crippen molar-refractivity contribution >= 4 is 6.34 Å². The van der Waals surface area contributed by atoms with E-state index >= 15 is 0 Å². The molecule has 0 radical (unpaired) electrons. The molecule has 1 aliphatic heterocycles. The van der Waals surface area contributed by atoms with Gasteiger partial charge in [0.05, 0.1) is 34.8 Å². The van der Waals surface area contributed by atoms with Crippen molar-refractivity contribution in [3.05, 3.63) is 119 Å². The van der Waals surface area contributed by atoms with Crippen LogP contribution in [0, 0.1) is 0 Å². The van der Waals surface area contributed by atoms with E-state index in [1.54, 1.807) is 34.8 Å². The van der Waals surface area contributed by atoms with Crippen molar-refractivity contribution in [1.82, 2.24) is 5.32 Å². The average Bonchev–Trinajstić information content (AvgIpc) is 3.39. The highest BCUT2D eigenvalue weighted by Crippen LogP contribution is 2.55. The Bertz CT molecular complexity index is 1340. The molecule has 0 saturated heterocycles. The molecule has 0 unspecified atom stereocenters. The predicted molar refractivity (Wildman–Crippen MR) is 145 cm³/mol. The van der Waals surface area contributed by atoms with Crippen LogP contribution in [0.25, 0.3) is 0 Å². The predicted octanol–water partition coefficient (Wildman–Crippen LogP) is 5.54. The lowest BCUT2D eigenvalue weighted by molar-refractivity contribution is 0.316. The molecule has 0 aliphatic carbocycles. The summed E-state index contributed by atoms with van der Waals surface area (Å²) in [5, 5.41) is 3.68. The van der Waals surface area contributed by atoms with E-state index in [4.69, 9.17) is 23.9 Å². The molecule has 6 nitrogen and oxygen atoms in total. The van der Waals surface area contributed by atoms with Crippen LogP contribution in [0.15, 0.2) is 102 Å². The summed E-state index contributed by atoms with van der Waals surface area (Å²) in [6, 6.07) is 32.3. The zero-order valence-corrected chi connectivity index (χ0v) is 21.4. The van der Waals surface area contributed by atoms with Crippen LogP contribution in [0.3, 0.4) is 0 Å². The normalized spacial score (nSPS) is 15.0. The number of benzene rings is 4. The standard InChI is InChI=1S/C31H30N2O4/c1-34-26-13-5-9-22(17-26)30(23-10-6-14-27(18-23)35-2)31(33-21-32-30,24-11-7-15-28(19-24)36-3)25-12-8-16-29(20-25)37-4/h5-21H,1-4H3,(H,32,33). The molecule has 0 aromatic heterocycles. The zero-order valence-electron chi connectivity index (χ0n) is 21.4. The fourth-order valence-electron chi connectivity index (χ4n) is 5.34. The first-order chi connectivity index (χ1) is 18.1. The van der Waals surface area contributed by atoms with Crippen LogP contribution in [0.5, 0.6) is 23.0 Å². The minimum absolute atomic E-state index is 0.743. The molecule has 37 heavy (non-hydrogen) atoms. The Morgan fingerprint density at radius 2 is 0.865 bits per heavy atom. The minimum atomic E-state index is -0.950. The number of methoxy groups -OCH3 is 4. The van der Waals surface area contributed by atoms with Gasteiger partial charge in [0.15, 0.2) is 0 Å². The second-order valence-corrected chi connectivity index (χ2v) is 8.79. The minimum Gasteiger partial charge on any atom is -0.497 e. The van der Waals surface area contributed by atoms with E-state index in [1.807, 2.05) is 60.7 Å². The molecule has 4 aromatic carbocycles. The van der Waals surface area contributed by atoms with E-state index in [2.05, 4.69) is 41.7 Å². The van der Waals surface area contributed by atoms with Gasteiger partial charge in [0.1, 0.15) is 34.1 Å². The Hall–Kier alpha value is -4.45. The molecule has 5 rings (SSSR count). The van der Waals surface area contributed by atoms with Gasteiger partial charge in [-0.15, -0.1) is 0 Å². The Kier molecular flexibility index (Phi) is 6.49. The molecule has 1 aliphatic rings. The number of hydrogen-bond acceptors (Lipinski definition) is 6. The third-order valence-electron chi connectivity index (χ3n) is 7.06. The second-order valence-electron chi connectivity index (χ2n) is 8.79. The average molecular weight is 495 g/mol. The maximum absolute atomic E-state index is 5.66. The molecule has 188 valence electrons. The third kappa shape index (κ3) is 3.85. The second kappa shape index (κ2) is 9.90. The Balaban J connectivity index is 1.93. The van der Waals surface area contributed by atoms with Gasteiger partial charge in [0.25, 0.3) is 0 Å². The summed E-state index contributed by atoms with van der Waals surface area (Å²) in [6.07, 6.45) is 1.79. The molecular formula is C31H30N2O4. The van der Waals surface area contributed by atoms with Gasteiger partial charge in [0, 0.05) is 0 Å². The monoisotopic (exact) mass is 494 g/mol. The molecule has 0 fully saturated rings. The van der Waals surface area contributed by atoms with E-state index in [0.29, 0.717) is 0 Å². The van der Waals surface area contributed by atoms with Crippen LogP contribution >= 0.6 is 0 Å². The van der Waals surface area contributed by atoms with Crippen molar-refractivity contribution in [3.8, 4) is 23.0 Å². The van der Waals surface area contributed by atoms with Crippen molar-refractivity contribution in [2.45, 2.75) is 11.1 Å². The molecule has 0 spiro atoms. The summed E-state index contributed by atoms with van der Waals surface area (Å²) in [6.45, 7) is 0. The van der Waals surface area contributed by atoms with E-state index in [0.717, 1.165) is 45.3 Å². The van der Waals surface area contributed by atoms with Crippen LogP contribution in [0.4, 0.5) is 0 Å². The highest BCUT2D eigenvalue weighted by atomic mass is 16.5. The van der Waals surface area contributed by atoms with Gasteiger partial charge in [0.2, 0.25) is 0 Å². The van der Waals surface area contributed by atoms with Crippen LogP contribution in [-0.4, -0.2) is 34.8 Å². The van der Waals surface area contributed by atoms with Crippen molar-refractivity contribution < 1.29 is 18.9 Å². The number of nitrogens with one attached hydrogen (secondary N) is 1. The summed E-state index contributed by atoms with van der Waals surface area (Å²) >= 11 is 0. The number of nitrogens with zero attached hydrogens (tertiary/aromatic N) is 1. The zero-order chi connectivity index (χ0) is 25.9. The Labute approximate surface area is 217 Å². The highest BCUT2D eigenvalue weighted by Gasteiger charge is 2.59. The quantitative estimate of drug-likeness (QED) is 0.349. The van der Waals surface area contributed by atoms with Crippen LogP contribution < -0.4 is 24.3 Å². The van der Waals surface area contributed by atoms with Gasteiger partial charge < -0.3 is 24.3 Å². The van der Waals surface area contributed by atoms with Crippen molar-refractivity contribution in [1.29, 1.82) is 0 Å². The first-order valence-electron chi connectivity index (χ1n) is 12.0. The lowest BCUT2D eigenvalue weighted by Gasteiger charge is -2.46. The van der Waals surface area contributed by atoms with E-state index in [1.165, 1.54) is 0 Å². The summed E-state index contributed by atoms with van der Waals surface area (Å²) in [5.74, 6) is 2.98. The lowest BCUT2D eigenvalue weighted by atomic mass is 9.62. The summed E-state index contributed by atoms with van der Waals surface area (Å²) in [5.41, 5.74) is 2.02. The number of hydrogen-bond donors (Lipinski definition) is 1. The number of aliphatic imine (C=N–C) groups is 1. The van der Waals surface area contributed by atoms with E-state index in [-0.39, 0.29) is 0 Å². The first-order valence-corrected chi connectivity index (χ1v) is 12.0. The van der Waals surface area contributed by atoms with E-state index < -0.39 is 11.1 Å². The molecule has 4 aromatic rings. The molecule has 1 N–H and O–H groups in total.